The zero-order chi connectivity index (χ0) is 24.7. The van der Waals surface area contributed by atoms with Crippen LogP contribution in [-0.4, -0.2) is 62.0 Å². The number of anilines is 1. The van der Waals surface area contributed by atoms with Crippen molar-refractivity contribution in [1.82, 2.24) is 44.3 Å². The average Bonchev–Trinajstić information content (AvgIpc) is 3.50. The van der Waals surface area contributed by atoms with Gasteiger partial charge in [-0.2, -0.15) is 4.68 Å². The molecule has 0 atom stereocenters. The van der Waals surface area contributed by atoms with E-state index in [-0.39, 0.29) is 35.8 Å². The molecule has 0 aliphatic carbocycles. The number of carbonyl (C=O) groups is 3. The molecule has 0 aliphatic rings. The fraction of sp³-hybridized carbons (Fsp3) is 0.0714. The minimum absolute atomic E-state index is 0. The molecular formula is C14H17N15O4+2. The molecule has 0 aliphatic heterocycles. The van der Waals surface area contributed by atoms with Crippen molar-refractivity contribution in [2.45, 2.75) is 0 Å². The van der Waals surface area contributed by atoms with Gasteiger partial charge in [0.05, 0.1) is 11.7 Å². The number of nitrogens with zero attached hydrogens (tertiary/aromatic N) is 9. The van der Waals surface area contributed by atoms with Gasteiger partial charge in [-0.15, -0.1) is 5.10 Å². The fourth-order valence-corrected chi connectivity index (χ4v) is 2.10. The number of nitrogens with two attached hydrogens (primary N) is 4. The Morgan fingerprint density at radius 2 is 1.64 bits per heavy atom. The van der Waals surface area contributed by atoms with E-state index in [1.165, 1.54) is 26.0 Å². The van der Waals surface area contributed by atoms with Crippen LogP contribution in [0.4, 0.5) is 11.6 Å². The largest absolute Gasteiger partial charge is 1.00 e. The van der Waals surface area contributed by atoms with Crippen molar-refractivity contribution in [3.63, 3.8) is 0 Å². The van der Waals surface area contributed by atoms with Gasteiger partial charge in [0, 0.05) is 12.0 Å². The van der Waals surface area contributed by atoms with Crippen LogP contribution in [0.5, 0.6) is 0 Å². The predicted octanol–water partition coefficient (Wildman–Crippen LogP) is -2.88. The summed E-state index contributed by atoms with van der Waals surface area (Å²) in [6, 6.07) is 0. The molecule has 4 aromatic heterocycles. The van der Waals surface area contributed by atoms with E-state index in [9.17, 15) is 19.2 Å². The molecule has 3 amide bonds. The Balaban J connectivity index is 0.000000260. The average molecular weight is 459 g/mol. The number of nitrogen functional groups attached to an aromatic ring is 1. The van der Waals surface area contributed by atoms with Crippen molar-refractivity contribution >= 4 is 35.0 Å². The number of carbonyl (C=O) groups excluding carboxylic acids is 3. The number of diazo groups is 1. The van der Waals surface area contributed by atoms with E-state index in [0.717, 1.165) is 9.08 Å². The SMILES string of the molecule is Cn1nnc2c(C(N)=O)ncn2c1=O.N#[N+]c1nc[nH]c1C(N)=O.NC(=O)c1[nH]cnc1N.[H+]. The Bertz CT molecular complexity index is 1420. The summed E-state index contributed by atoms with van der Waals surface area (Å²) in [4.78, 5) is 61.3. The molecule has 0 radical (unpaired) electrons. The highest BCUT2D eigenvalue weighted by atomic mass is 16.2. The van der Waals surface area contributed by atoms with Gasteiger partial charge in [-0.05, 0) is 4.98 Å². The van der Waals surface area contributed by atoms with Crippen molar-refractivity contribution in [1.29, 1.82) is 5.39 Å². The molecule has 4 rings (SSSR count). The van der Waals surface area contributed by atoms with E-state index in [1.54, 1.807) is 0 Å². The molecule has 0 spiro atoms. The first-order chi connectivity index (χ1) is 15.6. The Kier molecular flexibility index (Phi) is 7.07. The molecule has 0 fully saturated rings. The van der Waals surface area contributed by atoms with Crippen LogP contribution in [-0.2, 0) is 7.05 Å². The van der Waals surface area contributed by atoms with E-state index in [1.807, 2.05) is 0 Å². The summed E-state index contributed by atoms with van der Waals surface area (Å²) < 4.78 is 2.13. The second-order valence-corrected chi connectivity index (χ2v) is 5.74. The molecule has 19 heteroatoms. The van der Waals surface area contributed by atoms with Gasteiger partial charge >= 0.3 is 12.9 Å². The number of aromatic nitrogens is 9. The van der Waals surface area contributed by atoms with Crippen molar-refractivity contribution in [2.75, 3.05) is 5.73 Å². The monoisotopic (exact) mass is 459 g/mol. The van der Waals surface area contributed by atoms with E-state index in [0.29, 0.717) is 0 Å². The summed E-state index contributed by atoms with van der Waals surface area (Å²) >= 11 is 0. The Hall–Kier alpha value is -5.67. The number of amides is 3. The number of aromatic amines is 2. The van der Waals surface area contributed by atoms with Gasteiger partial charge in [-0.25, -0.2) is 19.2 Å². The van der Waals surface area contributed by atoms with E-state index in [2.05, 4.69) is 40.2 Å². The van der Waals surface area contributed by atoms with Gasteiger partial charge in [0.2, 0.25) is 12.0 Å². The van der Waals surface area contributed by atoms with E-state index in [4.69, 9.17) is 28.3 Å². The summed E-state index contributed by atoms with van der Waals surface area (Å²) in [5.74, 6) is -1.99. The minimum atomic E-state index is -0.741. The molecule has 10 N–H and O–H groups in total. The van der Waals surface area contributed by atoms with Gasteiger partial charge in [0.15, 0.2) is 17.2 Å². The smallest absolute Gasteiger partial charge is 0.382 e. The Morgan fingerprint density at radius 3 is 2.09 bits per heavy atom. The maximum atomic E-state index is 11.4. The van der Waals surface area contributed by atoms with Crippen molar-refractivity contribution < 1.29 is 15.8 Å². The first-order valence-electron chi connectivity index (χ1n) is 8.42. The van der Waals surface area contributed by atoms with E-state index >= 15 is 0 Å². The quantitative estimate of drug-likeness (QED) is 0.169. The lowest BCUT2D eigenvalue weighted by molar-refractivity contribution is 0.0988. The van der Waals surface area contributed by atoms with Crippen LogP contribution < -0.4 is 28.6 Å². The molecule has 0 aromatic carbocycles. The van der Waals surface area contributed by atoms with Crippen LogP contribution in [0.2, 0.25) is 0 Å². The number of primary amides is 3. The zero-order valence-corrected chi connectivity index (χ0v) is 16.7. The molecule has 0 saturated carbocycles. The highest BCUT2D eigenvalue weighted by Gasteiger charge is 2.20. The van der Waals surface area contributed by atoms with Crippen LogP contribution in [0, 0.1) is 5.39 Å². The van der Waals surface area contributed by atoms with Gasteiger partial charge in [0.25, 0.3) is 17.7 Å². The molecular weight excluding hydrogens is 442 g/mol. The van der Waals surface area contributed by atoms with Gasteiger partial charge < -0.3 is 32.9 Å². The highest BCUT2D eigenvalue weighted by molar-refractivity contribution is 5.96. The molecule has 170 valence electrons. The minimum Gasteiger partial charge on any atom is -0.382 e. The number of nitrogens with one attached hydrogen (secondary N) is 2. The standard InChI is InChI=1S/C6H6N6O2.C4H3N5O.C4H6N4O/c1-11-6(14)12-2-8-3(4(7)13)5(12)9-10-11;5-3(10)2-4(9-6)8-1-7-2;5-3-2(4(6)9)7-1-8-3/h2H,1H3,(H2,7,13);1H,(H2-,5,7,8,10);1H,5H2,(H2,6,9)(H,7,8)/p+2. The summed E-state index contributed by atoms with van der Waals surface area (Å²) in [6.07, 6.45) is 3.72. The lowest BCUT2D eigenvalue weighted by Crippen LogP contribution is -2.27. The van der Waals surface area contributed by atoms with Crippen LogP contribution in [0.15, 0.2) is 23.8 Å². The summed E-state index contributed by atoms with van der Waals surface area (Å²) in [6.45, 7) is 0. The third kappa shape index (κ3) is 5.28. The molecule has 0 unspecified atom stereocenters. The topological polar surface area (TPSA) is 306 Å². The summed E-state index contributed by atoms with van der Waals surface area (Å²) in [7, 11) is 1.44. The third-order valence-corrected chi connectivity index (χ3v) is 3.61. The molecule has 33 heavy (non-hydrogen) atoms. The number of aryl methyl sites for hydroxylation is 1. The summed E-state index contributed by atoms with van der Waals surface area (Å²) in [5.41, 5.74) is 19.7. The second kappa shape index (κ2) is 9.89. The van der Waals surface area contributed by atoms with E-state index < -0.39 is 23.4 Å². The molecule has 0 bridgehead atoms. The molecule has 4 heterocycles. The number of rotatable bonds is 3. The van der Waals surface area contributed by atoms with Crippen molar-refractivity contribution in [2.24, 2.45) is 24.2 Å². The second-order valence-electron chi connectivity index (χ2n) is 5.74. The fourth-order valence-electron chi connectivity index (χ4n) is 2.10. The van der Waals surface area contributed by atoms with Crippen molar-refractivity contribution in [3.8, 4) is 0 Å². The number of imidazole rings is 3. The van der Waals surface area contributed by atoms with Crippen LogP contribution in [0.3, 0.4) is 0 Å². The van der Waals surface area contributed by atoms with Crippen LogP contribution in [0.25, 0.3) is 10.6 Å². The van der Waals surface area contributed by atoms with Gasteiger partial charge in [-0.3, -0.25) is 14.4 Å². The lowest BCUT2D eigenvalue weighted by atomic mass is 10.4. The van der Waals surface area contributed by atoms with Gasteiger partial charge in [0.1, 0.15) is 12.0 Å². The molecule has 19 nitrogen and oxygen atoms in total. The summed E-state index contributed by atoms with van der Waals surface area (Å²) in [5, 5.41) is 15.3. The van der Waals surface area contributed by atoms with Crippen LogP contribution in [0.1, 0.15) is 32.9 Å². The number of hydrogen-bond acceptors (Lipinski definition) is 11. The van der Waals surface area contributed by atoms with Crippen molar-refractivity contribution in [3.05, 3.63) is 51.5 Å². The highest BCUT2D eigenvalue weighted by Crippen LogP contribution is 2.10. The number of H-pyrrole nitrogens is 2. The maximum Gasteiger partial charge on any atom is 1.00 e. The first-order valence-corrected chi connectivity index (χ1v) is 8.42. The zero-order valence-electron chi connectivity index (χ0n) is 17.7. The Labute approximate surface area is 182 Å². The third-order valence-electron chi connectivity index (χ3n) is 3.61. The number of fused-ring (bicyclic) bond motifs is 1. The van der Waals surface area contributed by atoms with Crippen LogP contribution >= 0.6 is 0 Å². The maximum absolute atomic E-state index is 11.4. The first kappa shape index (κ1) is 23.6. The normalized spacial score (nSPS) is 9.70. The number of hydrogen-bond donors (Lipinski definition) is 6. The molecule has 0 saturated heterocycles. The lowest BCUT2D eigenvalue weighted by Gasteiger charge is -1.95. The predicted molar refractivity (Wildman–Crippen MR) is 109 cm³/mol. The molecule has 4 aromatic rings. The van der Waals surface area contributed by atoms with Gasteiger partial charge in [-0.1, -0.05) is 5.21 Å². The Morgan fingerprint density at radius 1 is 1.03 bits per heavy atom.